The molecule has 0 atom stereocenters. The first-order valence-electron chi connectivity index (χ1n) is 6.70. The van der Waals surface area contributed by atoms with E-state index in [4.69, 9.17) is 4.74 Å². The number of anilines is 1. The zero-order valence-corrected chi connectivity index (χ0v) is 13.4. The van der Waals surface area contributed by atoms with Crippen molar-refractivity contribution in [2.75, 3.05) is 11.9 Å². The maximum atomic E-state index is 5.66. The van der Waals surface area contributed by atoms with Crippen LogP contribution in [0.1, 0.15) is 19.4 Å². The molecule has 2 aromatic rings. The normalized spacial score (nSPS) is 10.6. The summed E-state index contributed by atoms with van der Waals surface area (Å²) in [5.41, 5.74) is 1.20. The Labute approximate surface area is 128 Å². The first-order valence-corrected chi connectivity index (χ1v) is 7.50. The molecule has 1 aromatic heterocycles. The number of hydrogen-bond donors (Lipinski definition) is 1. The molecule has 1 aromatic carbocycles. The second-order valence-corrected chi connectivity index (χ2v) is 5.98. The molecule has 0 saturated heterocycles. The molecule has 0 saturated carbocycles. The molecule has 0 aliphatic heterocycles. The predicted octanol–water partition coefficient (Wildman–Crippen LogP) is 4.49. The third-order valence-electron chi connectivity index (χ3n) is 2.70. The van der Waals surface area contributed by atoms with Gasteiger partial charge in [-0.15, -0.1) is 0 Å². The Hall–Kier alpha value is -1.55. The molecule has 20 heavy (non-hydrogen) atoms. The lowest BCUT2D eigenvalue weighted by Crippen LogP contribution is -2.05. The van der Waals surface area contributed by atoms with E-state index in [2.05, 4.69) is 52.2 Å². The molecule has 4 heteroatoms. The summed E-state index contributed by atoms with van der Waals surface area (Å²) in [5, 5.41) is 3.29. The van der Waals surface area contributed by atoms with E-state index in [1.807, 2.05) is 24.3 Å². The van der Waals surface area contributed by atoms with E-state index in [1.165, 1.54) is 5.56 Å². The summed E-state index contributed by atoms with van der Waals surface area (Å²) in [4.78, 5) is 4.26. The first-order chi connectivity index (χ1) is 9.63. The Balaban J connectivity index is 1.87. The number of hydrogen-bond acceptors (Lipinski definition) is 3. The minimum Gasteiger partial charge on any atom is -0.493 e. The largest absolute Gasteiger partial charge is 0.493 e. The molecule has 1 heterocycles. The molecule has 106 valence electrons. The molecule has 0 radical (unpaired) electrons. The smallest absolute Gasteiger partial charge is 0.127 e. The van der Waals surface area contributed by atoms with Crippen molar-refractivity contribution < 1.29 is 4.74 Å². The fourth-order valence-electron chi connectivity index (χ4n) is 1.66. The van der Waals surface area contributed by atoms with Crippen LogP contribution in [0.2, 0.25) is 0 Å². The molecule has 0 fully saturated rings. The molecule has 0 aliphatic carbocycles. The number of ether oxygens (including phenoxy) is 1. The summed E-state index contributed by atoms with van der Waals surface area (Å²) < 4.78 is 6.68. The highest BCUT2D eigenvalue weighted by molar-refractivity contribution is 9.10. The van der Waals surface area contributed by atoms with Crippen LogP contribution in [0.25, 0.3) is 0 Å². The maximum Gasteiger partial charge on any atom is 0.127 e. The minimum absolute atomic E-state index is 0.541. The quantitative estimate of drug-likeness (QED) is 0.844. The lowest BCUT2D eigenvalue weighted by Gasteiger charge is -2.10. The monoisotopic (exact) mass is 334 g/mol. The highest BCUT2D eigenvalue weighted by Crippen LogP contribution is 2.16. The zero-order valence-electron chi connectivity index (χ0n) is 11.8. The van der Waals surface area contributed by atoms with Gasteiger partial charge in [-0.2, -0.15) is 0 Å². The highest BCUT2D eigenvalue weighted by Gasteiger charge is 1.99. The topological polar surface area (TPSA) is 34.1 Å². The van der Waals surface area contributed by atoms with Gasteiger partial charge in [0.1, 0.15) is 11.6 Å². The van der Waals surface area contributed by atoms with Gasteiger partial charge in [0.2, 0.25) is 0 Å². The summed E-state index contributed by atoms with van der Waals surface area (Å²) in [5.74, 6) is 2.32. The van der Waals surface area contributed by atoms with Gasteiger partial charge < -0.3 is 10.1 Å². The van der Waals surface area contributed by atoms with Gasteiger partial charge in [-0.25, -0.2) is 4.98 Å². The van der Waals surface area contributed by atoms with Crippen molar-refractivity contribution in [3.8, 4) is 5.75 Å². The van der Waals surface area contributed by atoms with Crippen LogP contribution in [-0.4, -0.2) is 11.6 Å². The average Bonchev–Trinajstić information content (AvgIpc) is 2.44. The molecule has 0 unspecified atom stereocenters. The molecule has 0 aliphatic rings. The number of halogens is 1. The molecule has 1 N–H and O–H groups in total. The van der Waals surface area contributed by atoms with Gasteiger partial charge >= 0.3 is 0 Å². The number of pyridine rings is 1. The van der Waals surface area contributed by atoms with Gasteiger partial charge in [0, 0.05) is 17.2 Å². The van der Waals surface area contributed by atoms with Crippen LogP contribution >= 0.6 is 15.9 Å². The van der Waals surface area contributed by atoms with E-state index in [0.29, 0.717) is 5.92 Å². The van der Waals surface area contributed by atoms with Crippen LogP contribution in [0.5, 0.6) is 5.75 Å². The van der Waals surface area contributed by atoms with Crippen LogP contribution in [0.3, 0.4) is 0 Å². The van der Waals surface area contributed by atoms with Crippen molar-refractivity contribution in [2.24, 2.45) is 5.92 Å². The van der Waals surface area contributed by atoms with Crippen LogP contribution in [0, 0.1) is 5.92 Å². The van der Waals surface area contributed by atoms with E-state index in [-0.39, 0.29) is 0 Å². The summed E-state index contributed by atoms with van der Waals surface area (Å²) in [6.07, 6.45) is 1.77. The molecule has 2 rings (SSSR count). The maximum absolute atomic E-state index is 5.66. The summed E-state index contributed by atoms with van der Waals surface area (Å²) >= 11 is 3.43. The van der Waals surface area contributed by atoms with Crippen LogP contribution < -0.4 is 10.1 Å². The fraction of sp³-hybridized carbons (Fsp3) is 0.312. The van der Waals surface area contributed by atoms with E-state index in [9.17, 15) is 0 Å². The molecular weight excluding hydrogens is 316 g/mol. The molecule has 0 amide bonds. The number of rotatable bonds is 6. The van der Waals surface area contributed by atoms with Crippen LogP contribution in [-0.2, 0) is 6.54 Å². The zero-order chi connectivity index (χ0) is 14.4. The van der Waals surface area contributed by atoms with E-state index >= 15 is 0 Å². The Bertz CT molecular complexity index is 540. The fourth-order valence-corrected chi connectivity index (χ4v) is 2.00. The third kappa shape index (κ3) is 4.85. The highest BCUT2D eigenvalue weighted by atomic mass is 79.9. The van der Waals surface area contributed by atoms with E-state index in [1.54, 1.807) is 6.20 Å². The van der Waals surface area contributed by atoms with E-state index < -0.39 is 0 Å². The number of aromatic nitrogens is 1. The Morgan fingerprint density at radius 3 is 2.60 bits per heavy atom. The van der Waals surface area contributed by atoms with Gasteiger partial charge in [-0.05, 0) is 35.7 Å². The molecule has 0 spiro atoms. The van der Waals surface area contributed by atoms with Crippen molar-refractivity contribution in [1.82, 2.24) is 4.98 Å². The van der Waals surface area contributed by atoms with Gasteiger partial charge in [-0.1, -0.05) is 41.9 Å². The van der Waals surface area contributed by atoms with Crippen LogP contribution in [0.15, 0.2) is 47.1 Å². The first kappa shape index (κ1) is 14.9. The lowest BCUT2D eigenvalue weighted by atomic mass is 10.2. The molecular formula is C16H19BrN2O. The number of nitrogens with one attached hydrogen (secondary N) is 1. The summed E-state index contributed by atoms with van der Waals surface area (Å²) in [6, 6.07) is 12.0. The van der Waals surface area contributed by atoms with Gasteiger partial charge in [0.05, 0.1) is 6.61 Å². The van der Waals surface area contributed by atoms with Crippen molar-refractivity contribution in [1.29, 1.82) is 0 Å². The molecule has 3 nitrogen and oxygen atoms in total. The third-order valence-corrected chi connectivity index (χ3v) is 3.20. The van der Waals surface area contributed by atoms with E-state index in [0.717, 1.165) is 29.2 Å². The van der Waals surface area contributed by atoms with Crippen molar-refractivity contribution in [3.63, 3.8) is 0 Å². The van der Waals surface area contributed by atoms with Crippen molar-refractivity contribution >= 4 is 21.7 Å². The van der Waals surface area contributed by atoms with Crippen molar-refractivity contribution in [2.45, 2.75) is 20.4 Å². The predicted molar refractivity (Wildman–Crippen MR) is 86.0 cm³/mol. The van der Waals surface area contributed by atoms with Gasteiger partial charge in [0.25, 0.3) is 0 Å². The summed E-state index contributed by atoms with van der Waals surface area (Å²) in [7, 11) is 0. The summed E-state index contributed by atoms with van der Waals surface area (Å²) in [6.45, 7) is 5.78. The Kier molecular flexibility index (Phi) is 5.41. The number of nitrogens with zero attached hydrogens (tertiary/aromatic N) is 1. The van der Waals surface area contributed by atoms with Crippen LogP contribution in [0.4, 0.5) is 5.82 Å². The second kappa shape index (κ2) is 7.29. The van der Waals surface area contributed by atoms with Gasteiger partial charge in [-0.3, -0.25) is 0 Å². The minimum atomic E-state index is 0.541. The van der Waals surface area contributed by atoms with Crippen molar-refractivity contribution in [3.05, 3.63) is 52.6 Å². The Morgan fingerprint density at radius 2 is 1.95 bits per heavy atom. The molecule has 0 bridgehead atoms. The average molecular weight is 335 g/mol. The number of benzene rings is 1. The van der Waals surface area contributed by atoms with Gasteiger partial charge in [0.15, 0.2) is 0 Å². The Morgan fingerprint density at radius 1 is 1.20 bits per heavy atom. The second-order valence-electron chi connectivity index (χ2n) is 5.06. The standard InChI is InChI=1S/C16H19BrN2O/c1-12(2)11-20-15-5-3-13(4-6-15)10-19-16-9-14(17)7-8-18-16/h3-9,12H,10-11H2,1-2H3,(H,18,19). The lowest BCUT2D eigenvalue weighted by molar-refractivity contribution is 0.271. The SMILES string of the molecule is CC(C)COc1ccc(CNc2cc(Br)ccn2)cc1.